The molecular weight excluding hydrogens is 883 g/mol. The Hall–Kier alpha value is -5.41. The summed E-state index contributed by atoms with van der Waals surface area (Å²) in [6, 6.07) is 52.3. The summed E-state index contributed by atoms with van der Waals surface area (Å²) in [5, 5.41) is 0. The summed E-state index contributed by atoms with van der Waals surface area (Å²) < 4.78 is 60.9. The molecule has 0 saturated heterocycles. The van der Waals surface area contributed by atoms with E-state index in [0.717, 1.165) is 55.8 Å². The van der Waals surface area contributed by atoms with Gasteiger partial charge in [0.2, 0.25) is 0 Å². The molecule has 0 unspecified atom stereocenters. The van der Waals surface area contributed by atoms with Crippen LogP contribution in [0.5, 0.6) is 0 Å². The van der Waals surface area contributed by atoms with Crippen molar-refractivity contribution < 1.29 is 29.7 Å². The molecule has 8 aromatic rings. The second kappa shape index (κ2) is 18.5. The van der Waals surface area contributed by atoms with E-state index in [-0.39, 0.29) is 25.7 Å². The zero-order valence-electron chi connectivity index (χ0n) is 41.1. The first-order chi connectivity index (χ1) is 30.1. The van der Waals surface area contributed by atoms with E-state index in [0.29, 0.717) is 22.5 Å². The number of hydrogen-bond acceptors (Lipinski definition) is 2. The van der Waals surface area contributed by atoms with Crippen molar-refractivity contribution in [2.45, 2.75) is 73.5 Å². The van der Waals surface area contributed by atoms with Gasteiger partial charge < -0.3 is 9.55 Å². The smallest absolute Gasteiger partial charge is 0.0774 e. The summed E-state index contributed by atoms with van der Waals surface area (Å²) in [6.45, 7) is 10.9. The number of hydrogen-bond donors (Lipinski definition) is 0. The molecule has 0 bridgehead atoms. The molecule has 295 valence electrons. The van der Waals surface area contributed by atoms with Crippen molar-refractivity contribution in [3.05, 3.63) is 186 Å². The predicted octanol–water partition coefficient (Wildman–Crippen LogP) is 14.5. The van der Waals surface area contributed by atoms with E-state index in [1.54, 1.807) is 24.4 Å². The second-order valence-corrected chi connectivity index (χ2v) is 15.7. The van der Waals surface area contributed by atoms with Crippen LogP contribution in [0.4, 0.5) is 0 Å². The Balaban J connectivity index is 0.000000233. The maximum absolute atomic E-state index is 8.97. The number of aryl methyl sites for hydroxylation is 1. The normalized spacial score (nSPS) is 13.9. The maximum atomic E-state index is 8.97. The fourth-order valence-corrected chi connectivity index (χ4v) is 7.01. The van der Waals surface area contributed by atoms with Gasteiger partial charge in [-0.3, -0.25) is 4.98 Å². The van der Waals surface area contributed by atoms with Gasteiger partial charge in [0.25, 0.3) is 0 Å². The van der Waals surface area contributed by atoms with Crippen LogP contribution in [0.15, 0.2) is 152 Å². The maximum Gasteiger partial charge on any atom is 0.0774 e. The fourth-order valence-electron chi connectivity index (χ4n) is 7.01. The summed E-state index contributed by atoms with van der Waals surface area (Å²) in [7, 11) is 0. The molecule has 2 aromatic heterocycles. The molecule has 2 heterocycles. The zero-order chi connectivity index (χ0) is 46.2. The van der Waals surface area contributed by atoms with Gasteiger partial charge in [0.05, 0.1) is 16.9 Å². The Morgan fingerprint density at radius 1 is 0.690 bits per heavy atom. The molecule has 0 spiro atoms. The van der Waals surface area contributed by atoms with E-state index >= 15 is 0 Å². The Morgan fingerprint density at radius 3 is 2.07 bits per heavy atom. The molecule has 0 N–H and O–H groups in total. The van der Waals surface area contributed by atoms with Crippen molar-refractivity contribution in [1.82, 2.24) is 14.5 Å². The largest absolute Gasteiger partial charge is 0.333 e. The number of imidazole rings is 1. The van der Waals surface area contributed by atoms with Crippen LogP contribution in [0.1, 0.15) is 92.1 Å². The van der Waals surface area contributed by atoms with Crippen molar-refractivity contribution in [3.8, 4) is 50.6 Å². The molecule has 0 aliphatic rings. The first kappa shape index (κ1) is 33.6. The van der Waals surface area contributed by atoms with Crippen LogP contribution in [-0.2, 0) is 26.5 Å². The number of nitrogens with zero attached hydrogens (tertiary/aromatic N) is 3. The number of aromatic nitrogens is 3. The Kier molecular flexibility index (Phi) is 10.7. The second-order valence-electron chi connectivity index (χ2n) is 15.7. The summed E-state index contributed by atoms with van der Waals surface area (Å²) in [4.78, 5) is 9.44. The number of rotatable bonds is 8. The third-order valence-corrected chi connectivity index (χ3v) is 9.66. The summed E-state index contributed by atoms with van der Waals surface area (Å²) in [5.41, 5.74) is 10.5. The topological polar surface area (TPSA) is 30.7 Å². The average molecular weight is 943 g/mol. The molecule has 0 saturated carbocycles. The van der Waals surface area contributed by atoms with Gasteiger partial charge in [-0.2, -0.15) is 0 Å². The first-order valence-corrected chi connectivity index (χ1v) is 19.3. The zero-order valence-corrected chi connectivity index (χ0v) is 36.5. The minimum Gasteiger partial charge on any atom is -0.333 e. The summed E-state index contributed by atoms with van der Waals surface area (Å²) >= 11 is 0. The molecule has 8 rings (SSSR count). The monoisotopic (exact) mass is 943 g/mol. The minimum absolute atomic E-state index is 0. The van der Waals surface area contributed by atoms with E-state index in [1.165, 1.54) is 0 Å². The third kappa shape index (κ3) is 9.64. The molecule has 4 heteroatoms. The number of para-hydroxylation sites is 3. The molecule has 0 amide bonds. The molecule has 3 nitrogen and oxygen atoms in total. The molecule has 58 heavy (non-hydrogen) atoms. The molecule has 0 fully saturated rings. The van der Waals surface area contributed by atoms with Crippen LogP contribution in [0.2, 0.25) is 0 Å². The van der Waals surface area contributed by atoms with Crippen molar-refractivity contribution in [3.63, 3.8) is 0 Å². The number of fused-ring (bicyclic) bond motifs is 1. The van der Waals surface area contributed by atoms with E-state index in [2.05, 4.69) is 17.1 Å². The molecule has 1 radical (unpaired) electrons. The SMILES string of the molecule is [2H]C([2H])([2H])c1ccccc1-c1cc[c-]c(-c2nc3ccccc3n2-c2c(C([2H])(C)C)cccc2C([2H])(C)C)c1.[2H]C([2H])(c1ccc(-c2ccnc(-c3[c-]cccc3)c2)cc1)C(C)(C)C.[Ir]. The first-order valence-electron chi connectivity index (χ1n) is 22.8. The third-order valence-electron chi connectivity index (χ3n) is 9.66. The van der Waals surface area contributed by atoms with Crippen LogP contribution < -0.4 is 0 Å². The van der Waals surface area contributed by atoms with Crippen LogP contribution in [0.3, 0.4) is 0 Å². The van der Waals surface area contributed by atoms with Crippen molar-refractivity contribution in [1.29, 1.82) is 0 Å². The van der Waals surface area contributed by atoms with Crippen molar-refractivity contribution in [2.75, 3.05) is 0 Å². The Morgan fingerprint density at radius 2 is 1.38 bits per heavy atom. The van der Waals surface area contributed by atoms with E-state index in [1.807, 2.05) is 180 Å². The van der Waals surface area contributed by atoms with Gasteiger partial charge in [-0.1, -0.05) is 133 Å². The van der Waals surface area contributed by atoms with E-state index in [4.69, 9.17) is 14.6 Å². The standard InChI is InChI=1S/C32H31N2.C22H22N.Ir/c1-21(2)26-16-11-17-27(22(3)4)31(26)34-30-19-9-8-18-29(30)33-32(34)25-14-10-13-24(20-25)28-15-7-6-12-23(28)5;1-22(2,3)16-17-9-11-18(12-10-17)20-13-14-23-21(15-20)19-7-5-4-6-8-19;/h6-13,15-22H,1-5H3;4-7,9-15H,16H2,1-3H3;/q2*-1;/i5D3,21D,22D;16D2;. The molecular formula is C54H53IrN3-2. The fraction of sp³-hybridized carbons (Fsp3) is 0.222. The van der Waals surface area contributed by atoms with Crippen LogP contribution in [-0.4, -0.2) is 14.5 Å². The molecule has 0 aliphatic heterocycles. The van der Waals surface area contributed by atoms with E-state index in [9.17, 15) is 0 Å². The van der Waals surface area contributed by atoms with Gasteiger partial charge in [-0.15, -0.1) is 71.3 Å². The predicted molar refractivity (Wildman–Crippen MR) is 241 cm³/mol. The Bertz CT molecular complexity index is 2870. The molecule has 0 aliphatic carbocycles. The summed E-state index contributed by atoms with van der Waals surface area (Å²) in [5.74, 6) is -1.26. The quantitative estimate of drug-likeness (QED) is 0.142. The van der Waals surface area contributed by atoms with Gasteiger partial charge in [0, 0.05) is 41.6 Å². The van der Waals surface area contributed by atoms with Crippen LogP contribution >= 0.6 is 0 Å². The molecule has 0 atom stereocenters. The van der Waals surface area contributed by atoms with Gasteiger partial charge >= 0.3 is 0 Å². The van der Waals surface area contributed by atoms with Crippen molar-refractivity contribution in [2.24, 2.45) is 5.41 Å². The van der Waals surface area contributed by atoms with Crippen LogP contribution in [0.25, 0.3) is 61.6 Å². The van der Waals surface area contributed by atoms with Crippen LogP contribution in [0, 0.1) is 24.4 Å². The van der Waals surface area contributed by atoms with E-state index < -0.39 is 30.4 Å². The van der Waals surface area contributed by atoms with Crippen molar-refractivity contribution >= 4 is 11.0 Å². The van der Waals surface area contributed by atoms with Gasteiger partial charge in [0.15, 0.2) is 0 Å². The number of pyridine rings is 1. The minimum atomic E-state index is -2.25. The van der Waals surface area contributed by atoms with Gasteiger partial charge in [0.1, 0.15) is 0 Å². The summed E-state index contributed by atoms with van der Waals surface area (Å²) in [6.07, 6.45) is 0.418. The van der Waals surface area contributed by atoms with Gasteiger partial charge in [-0.05, 0) is 93.3 Å². The molecule has 6 aromatic carbocycles. The van der Waals surface area contributed by atoms with Gasteiger partial charge in [-0.25, -0.2) is 0 Å². The average Bonchev–Trinajstić information content (AvgIpc) is 3.65. The Labute approximate surface area is 369 Å². The number of benzene rings is 6.